The first-order valence-corrected chi connectivity index (χ1v) is 9.42. The zero-order chi connectivity index (χ0) is 18.8. The summed E-state index contributed by atoms with van der Waals surface area (Å²) in [4.78, 5) is 30.6. The fourth-order valence-electron chi connectivity index (χ4n) is 3.28. The lowest BCUT2D eigenvalue weighted by molar-refractivity contribution is -0.695. The Morgan fingerprint density at radius 3 is 2.93 bits per heavy atom. The van der Waals surface area contributed by atoms with Crippen LogP contribution in [0.1, 0.15) is 27.9 Å². The number of imidazole rings is 1. The molecule has 27 heavy (non-hydrogen) atoms. The largest absolute Gasteiger partial charge is 0.503 e. The summed E-state index contributed by atoms with van der Waals surface area (Å²) in [6.07, 6.45) is 7.71. The van der Waals surface area contributed by atoms with Crippen LogP contribution >= 0.6 is 11.3 Å². The second-order valence-electron chi connectivity index (χ2n) is 6.19. The number of hydrogen-bond donors (Lipinski definition) is 2. The summed E-state index contributed by atoms with van der Waals surface area (Å²) in [6, 6.07) is 6.14. The molecule has 0 radical (unpaired) electrons. The number of aryl methyl sites for hydroxylation is 1. The Bertz CT molecular complexity index is 959. The van der Waals surface area contributed by atoms with Crippen LogP contribution in [0.25, 0.3) is 0 Å². The summed E-state index contributed by atoms with van der Waals surface area (Å²) in [7, 11) is 0. The number of aromatic nitrogens is 2. The molecule has 7 nitrogen and oxygen atoms in total. The molecule has 4 heterocycles. The van der Waals surface area contributed by atoms with Crippen LogP contribution in [0.2, 0.25) is 0 Å². The summed E-state index contributed by atoms with van der Waals surface area (Å²) >= 11 is 1.28. The van der Waals surface area contributed by atoms with Crippen molar-refractivity contribution < 1.29 is 23.7 Å². The number of amides is 1. The number of nitrogens with one attached hydrogen (secondary N) is 1. The van der Waals surface area contributed by atoms with E-state index in [0.717, 1.165) is 0 Å². The van der Waals surface area contributed by atoms with E-state index in [1.54, 1.807) is 29.6 Å². The first-order valence-electron chi connectivity index (χ1n) is 8.54. The van der Waals surface area contributed by atoms with E-state index >= 15 is 0 Å². The van der Waals surface area contributed by atoms with E-state index in [0.29, 0.717) is 30.1 Å². The van der Waals surface area contributed by atoms with Crippen molar-refractivity contribution in [3.8, 4) is 0 Å². The molecule has 4 rings (SSSR count). The number of carbonyl (C=O) groups is 2. The Morgan fingerprint density at radius 2 is 2.26 bits per heavy atom. The Labute approximate surface area is 159 Å². The number of carbonyl (C=O) groups excluding carboxylic acids is 2. The molecule has 1 atom stereocenters. The number of aliphatic hydroxyl groups is 1. The highest BCUT2D eigenvalue weighted by molar-refractivity contribution is 7.12. The van der Waals surface area contributed by atoms with E-state index in [1.165, 1.54) is 22.5 Å². The summed E-state index contributed by atoms with van der Waals surface area (Å²) in [5, 5.41) is 12.3. The van der Waals surface area contributed by atoms with Crippen molar-refractivity contribution in [1.29, 1.82) is 0 Å². The number of furan rings is 1. The summed E-state index contributed by atoms with van der Waals surface area (Å²) in [5.74, 6) is -0.930. The number of thiophene rings is 1. The number of H-pyrrole nitrogens is 1. The number of ketones is 1. The van der Waals surface area contributed by atoms with E-state index in [9.17, 15) is 14.7 Å². The van der Waals surface area contributed by atoms with Gasteiger partial charge < -0.3 is 14.4 Å². The number of nitrogens with zero attached hydrogens (tertiary/aromatic N) is 2. The molecule has 1 amide bonds. The SMILES string of the molecule is O=C(C1=C(O)C(=O)N(CCC[n+]2cc[nH]c2)C1c1ccco1)c1cccs1. The second kappa shape index (κ2) is 7.24. The highest BCUT2D eigenvalue weighted by Crippen LogP contribution is 2.39. The van der Waals surface area contributed by atoms with Crippen LogP contribution in [0.3, 0.4) is 0 Å². The molecule has 0 aromatic carbocycles. The maximum absolute atomic E-state index is 12.9. The second-order valence-corrected chi connectivity index (χ2v) is 7.14. The van der Waals surface area contributed by atoms with Gasteiger partial charge in [0, 0.05) is 13.0 Å². The number of Topliss-reactive ketones (excluding diaryl/α,β-unsaturated/α-hetero) is 1. The molecule has 0 spiro atoms. The van der Waals surface area contributed by atoms with Crippen molar-refractivity contribution in [3.63, 3.8) is 0 Å². The Morgan fingerprint density at radius 1 is 1.37 bits per heavy atom. The van der Waals surface area contributed by atoms with Crippen molar-refractivity contribution in [1.82, 2.24) is 9.88 Å². The quantitative estimate of drug-likeness (QED) is 0.484. The molecule has 138 valence electrons. The molecule has 2 N–H and O–H groups in total. The minimum atomic E-state index is -0.724. The van der Waals surface area contributed by atoms with Gasteiger partial charge >= 0.3 is 0 Å². The van der Waals surface area contributed by atoms with Gasteiger partial charge in [-0.25, -0.2) is 4.57 Å². The van der Waals surface area contributed by atoms with Crippen LogP contribution < -0.4 is 4.57 Å². The van der Waals surface area contributed by atoms with Crippen LogP contribution in [0.5, 0.6) is 0 Å². The molecule has 1 aliphatic rings. The predicted octanol–water partition coefficient (Wildman–Crippen LogP) is 2.63. The van der Waals surface area contributed by atoms with Gasteiger partial charge in [-0.1, -0.05) is 6.07 Å². The molecule has 1 aliphatic heterocycles. The monoisotopic (exact) mass is 384 g/mol. The number of aromatic amines is 1. The van der Waals surface area contributed by atoms with Crippen LogP contribution in [-0.2, 0) is 11.3 Å². The zero-order valence-electron chi connectivity index (χ0n) is 14.4. The van der Waals surface area contributed by atoms with E-state index < -0.39 is 17.7 Å². The van der Waals surface area contributed by atoms with Gasteiger partial charge in [0.15, 0.2) is 5.76 Å². The molecule has 0 fully saturated rings. The summed E-state index contributed by atoms with van der Waals surface area (Å²) in [6.45, 7) is 1.08. The third kappa shape index (κ3) is 3.19. The van der Waals surface area contributed by atoms with Crippen molar-refractivity contribution in [2.45, 2.75) is 19.0 Å². The maximum Gasteiger partial charge on any atom is 0.290 e. The summed E-state index contributed by atoms with van der Waals surface area (Å²) in [5.41, 5.74) is 0.0756. The predicted molar refractivity (Wildman–Crippen MR) is 97.1 cm³/mol. The fraction of sp³-hybridized carbons (Fsp3) is 0.211. The minimum absolute atomic E-state index is 0.0756. The van der Waals surface area contributed by atoms with E-state index in [4.69, 9.17) is 4.42 Å². The van der Waals surface area contributed by atoms with E-state index in [2.05, 4.69) is 4.98 Å². The van der Waals surface area contributed by atoms with Gasteiger partial charge in [0.05, 0.1) is 23.3 Å². The van der Waals surface area contributed by atoms with Crippen LogP contribution in [0.15, 0.2) is 70.4 Å². The molecule has 1 unspecified atom stereocenters. The van der Waals surface area contributed by atoms with Gasteiger partial charge in [0.2, 0.25) is 12.1 Å². The lowest BCUT2D eigenvalue weighted by Crippen LogP contribution is -2.36. The van der Waals surface area contributed by atoms with Gasteiger partial charge in [-0.15, -0.1) is 11.3 Å². The van der Waals surface area contributed by atoms with E-state index in [1.807, 2.05) is 23.3 Å². The molecule has 0 aliphatic carbocycles. The highest BCUT2D eigenvalue weighted by Gasteiger charge is 2.45. The molecular weight excluding hydrogens is 366 g/mol. The van der Waals surface area contributed by atoms with Crippen LogP contribution in [0.4, 0.5) is 0 Å². The molecule has 0 saturated heterocycles. The van der Waals surface area contributed by atoms with Gasteiger partial charge in [-0.3, -0.25) is 14.6 Å². The normalized spacial score (nSPS) is 17.1. The summed E-state index contributed by atoms with van der Waals surface area (Å²) < 4.78 is 7.46. The Balaban J connectivity index is 1.62. The van der Waals surface area contributed by atoms with Gasteiger partial charge in [-0.2, -0.15) is 0 Å². The standard InChI is InChI=1S/C19H17N3O4S/c23-17(14-5-2-11-27-14)15-16(13-4-1-10-26-13)22(19(25)18(15)24)8-3-7-21-9-6-20-12-21/h1-2,4-6,9-12,16H,3,7-8H2,(H,23,24)/p+1. The lowest BCUT2D eigenvalue weighted by Gasteiger charge is -2.24. The van der Waals surface area contributed by atoms with Crippen molar-refractivity contribution in [3.05, 3.63) is 76.6 Å². The van der Waals surface area contributed by atoms with Crippen molar-refractivity contribution >= 4 is 23.0 Å². The van der Waals surface area contributed by atoms with Gasteiger partial charge in [0.1, 0.15) is 24.2 Å². The molecule has 0 saturated carbocycles. The Kier molecular flexibility index (Phi) is 4.64. The first kappa shape index (κ1) is 17.3. The van der Waals surface area contributed by atoms with E-state index in [-0.39, 0.29) is 11.4 Å². The molecule has 8 heteroatoms. The molecule has 3 aromatic rings. The topological polar surface area (TPSA) is 90.4 Å². The van der Waals surface area contributed by atoms with Gasteiger partial charge in [0.25, 0.3) is 5.91 Å². The smallest absolute Gasteiger partial charge is 0.290 e. The fourth-order valence-corrected chi connectivity index (χ4v) is 3.96. The number of aliphatic hydroxyl groups excluding tert-OH is 1. The maximum atomic E-state index is 12.9. The van der Waals surface area contributed by atoms with Crippen LogP contribution in [0, 0.1) is 0 Å². The molecular formula is C19H18N3O4S+. The van der Waals surface area contributed by atoms with Crippen molar-refractivity contribution in [2.75, 3.05) is 6.54 Å². The van der Waals surface area contributed by atoms with Gasteiger partial charge in [-0.05, 0) is 23.6 Å². The average Bonchev–Trinajstić information content (AvgIpc) is 3.45. The highest BCUT2D eigenvalue weighted by atomic mass is 32.1. The number of hydrogen-bond acceptors (Lipinski definition) is 5. The molecule has 3 aromatic heterocycles. The van der Waals surface area contributed by atoms with Crippen LogP contribution in [-0.4, -0.2) is 33.2 Å². The Hall–Kier alpha value is -3.13. The molecule has 0 bridgehead atoms. The third-order valence-electron chi connectivity index (χ3n) is 4.52. The zero-order valence-corrected chi connectivity index (χ0v) is 15.2. The number of rotatable bonds is 7. The minimum Gasteiger partial charge on any atom is -0.503 e. The van der Waals surface area contributed by atoms with Crippen molar-refractivity contribution in [2.24, 2.45) is 0 Å². The average molecular weight is 384 g/mol. The first-order chi connectivity index (χ1) is 13.2. The third-order valence-corrected chi connectivity index (χ3v) is 5.39. The lowest BCUT2D eigenvalue weighted by atomic mass is 10.00.